The fourth-order valence-corrected chi connectivity index (χ4v) is 1.43. The molecule has 0 amide bonds. The molecule has 0 heterocycles. The molecule has 0 aromatic heterocycles. The maximum atomic E-state index is 12.4. The number of aryl methyl sites for hydroxylation is 1. The Hall–Kier alpha value is -1.45. The number of hydrogen-bond acceptors (Lipinski definition) is 1. The summed E-state index contributed by atoms with van der Waals surface area (Å²) < 4.78 is 41.9. The Bertz CT molecular complexity index is 355. The van der Waals surface area contributed by atoms with Crippen LogP contribution in [-0.2, 0) is 11.2 Å². The van der Waals surface area contributed by atoms with Crippen molar-refractivity contribution in [2.75, 3.05) is 6.61 Å². The quantitative estimate of drug-likeness (QED) is 0.708. The van der Waals surface area contributed by atoms with Crippen molar-refractivity contribution in [3.05, 3.63) is 47.7 Å². The maximum absolute atomic E-state index is 12.4. The first-order chi connectivity index (χ1) is 8.04. The lowest BCUT2D eigenvalue weighted by molar-refractivity contribution is -0.130. The molecular weight excluding hydrogens is 229 g/mol. The molecule has 1 nitrogen and oxygen atoms in total. The lowest BCUT2D eigenvalue weighted by Gasteiger charge is -2.11. The van der Waals surface area contributed by atoms with Crippen LogP contribution in [0.2, 0.25) is 0 Å². The van der Waals surface area contributed by atoms with Crippen LogP contribution in [0.5, 0.6) is 0 Å². The van der Waals surface area contributed by atoms with Crippen LogP contribution < -0.4 is 0 Å². The lowest BCUT2D eigenvalue weighted by Crippen LogP contribution is -2.14. The summed E-state index contributed by atoms with van der Waals surface area (Å²) in [7, 11) is 0. The van der Waals surface area contributed by atoms with Crippen molar-refractivity contribution in [2.24, 2.45) is 0 Å². The van der Waals surface area contributed by atoms with E-state index < -0.39 is 11.9 Å². The topological polar surface area (TPSA) is 9.23 Å². The van der Waals surface area contributed by atoms with Crippen LogP contribution in [0.25, 0.3) is 0 Å². The molecule has 0 atom stereocenters. The van der Waals surface area contributed by atoms with Crippen LogP contribution >= 0.6 is 0 Å². The number of ether oxygens (including phenoxy) is 1. The first kappa shape index (κ1) is 13.6. The van der Waals surface area contributed by atoms with Crippen LogP contribution in [0.3, 0.4) is 0 Å². The molecule has 0 aliphatic rings. The monoisotopic (exact) mass is 244 g/mol. The third-order valence-corrected chi connectivity index (χ3v) is 2.18. The summed E-state index contributed by atoms with van der Waals surface area (Å²) in [5.74, 6) is -0.893. The average molecular weight is 244 g/mol. The number of allylic oxidation sites excluding steroid dienone is 2. The molecule has 1 aromatic rings. The van der Waals surface area contributed by atoms with Gasteiger partial charge in [-0.25, -0.2) is 0 Å². The van der Waals surface area contributed by atoms with Gasteiger partial charge in [-0.15, -0.1) is 0 Å². The van der Waals surface area contributed by atoms with E-state index in [1.54, 1.807) is 0 Å². The van der Waals surface area contributed by atoms with Crippen molar-refractivity contribution in [1.29, 1.82) is 0 Å². The van der Waals surface area contributed by atoms with Gasteiger partial charge in [0.25, 0.3) is 0 Å². The van der Waals surface area contributed by atoms with E-state index in [0.29, 0.717) is 12.8 Å². The van der Waals surface area contributed by atoms with Gasteiger partial charge in [-0.05, 0) is 31.4 Å². The third-order valence-electron chi connectivity index (χ3n) is 2.18. The van der Waals surface area contributed by atoms with Crippen LogP contribution in [0, 0.1) is 0 Å². The molecular formula is C13H15F3O. The summed E-state index contributed by atoms with van der Waals surface area (Å²) in [6, 6.07) is 9.39. The second-order valence-electron chi connectivity index (χ2n) is 3.52. The van der Waals surface area contributed by atoms with E-state index in [0.717, 1.165) is 11.6 Å². The normalized spacial score (nSPS) is 12.6. The molecule has 0 saturated heterocycles. The van der Waals surface area contributed by atoms with E-state index in [9.17, 15) is 13.2 Å². The first-order valence-electron chi connectivity index (χ1n) is 5.48. The Labute approximate surface area is 98.9 Å². The highest BCUT2D eigenvalue weighted by atomic mass is 19.4. The molecule has 0 unspecified atom stereocenters. The van der Waals surface area contributed by atoms with Gasteiger partial charge in [0.2, 0.25) is 0 Å². The van der Waals surface area contributed by atoms with Crippen molar-refractivity contribution >= 4 is 0 Å². The predicted molar refractivity (Wildman–Crippen MR) is 60.5 cm³/mol. The summed E-state index contributed by atoms with van der Waals surface area (Å²) in [4.78, 5) is 0. The van der Waals surface area contributed by atoms with Crippen molar-refractivity contribution in [3.8, 4) is 0 Å². The Morgan fingerprint density at radius 1 is 1.24 bits per heavy atom. The number of benzene rings is 1. The van der Waals surface area contributed by atoms with Crippen molar-refractivity contribution < 1.29 is 17.9 Å². The van der Waals surface area contributed by atoms with Gasteiger partial charge in [0, 0.05) is 0 Å². The summed E-state index contributed by atoms with van der Waals surface area (Å²) in [6.07, 6.45) is -2.39. The van der Waals surface area contributed by atoms with Crippen LogP contribution in [0.15, 0.2) is 42.2 Å². The van der Waals surface area contributed by atoms with Gasteiger partial charge in [-0.2, -0.15) is 13.2 Å². The molecule has 0 saturated carbocycles. The second kappa shape index (κ2) is 6.33. The van der Waals surface area contributed by atoms with E-state index in [1.807, 2.05) is 30.3 Å². The van der Waals surface area contributed by atoms with Gasteiger partial charge >= 0.3 is 6.18 Å². The highest BCUT2D eigenvalue weighted by molar-refractivity contribution is 5.15. The van der Waals surface area contributed by atoms with Crippen LogP contribution in [0.4, 0.5) is 13.2 Å². The summed E-state index contributed by atoms with van der Waals surface area (Å²) in [6.45, 7) is 1.56. The standard InChI is InChI=1S/C13H15F3O/c1-2-17-12(13(14,15)16)10-6-9-11-7-4-3-5-8-11/h3-5,7-8,10H,2,6,9H2,1H3/b12-10-. The highest BCUT2D eigenvalue weighted by Crippen LogP contribution is 2.26. The summed E-state index contributed by atoms with van der Waals surface area (Å²) in [5, 5.41) is 0. The average Bonchev–Trinajstić information content (AvgIpc) is 2.28. The fraction of sp³-hybridized carbons (Fsp3) is 0.385. The zero-order valence-corrected chi connectivity index (χ0v) is 9.63. The van der Waals surface area contributed by atoms with E-state index in [1.165, 1.54) is 6.92 Å². The van der Waals surface area contributed by atoms with Gasteiger partial charge in [0.15, 0.2) is 5.76 Å². The molecule has 0 fully saturated rings. The molecule has 0 aliphatic heterocycles. The molecule has 94 valence electrons. The Morgan fingerprint density at radius 3 is 2.41 bits per heavy atom. The van der Waals surface area contributed by atoms with Gasteiger partial charge in [-0.1, -0.05) is 30.3 Å². The molecule has 0 N–H and O–H groups in total. The Kier molecular flexibility index (Phi) is 5.07. The summed E-state index contributed by atoms with van der Waals surface area (Å²) in [5.41, 5.74) is 1.02. The molecule has 17 heavy (non-hydrogen) atoms. The maximum Gasteiger partial charge on any atom is 0.448 e. The molecule has 0 bridgehead atoms. The van der Waals surface area contributed by atoms with Gasteiger partial charge in [0.05, 0.1) is 6.61 Å². The minimum absolute atomic E-state index is 0.0245. The largest absolute Gasteiger partial charge is 0.489 e. The van der Waals surface area contributed by atoms with Crippen molar-refractivity contribution in [2.45, 2.75) is 25.9 Å². The predicted octanol–water partition coefficient (Wildman–Crippen LogP) is 4.10. The van der Waals surface area contributed by atoms with Crippen LogP contribution in [-0.4, -0.2) is 12.8 Å². The lowest BCUT2D eigenvalue weighted by atomic mass is 10.1. The Morgan fingerprint density at radius 2 is 1.88 bits per heavy atom. The van der Waals surface area contributed by atoms with Crippen molar-refractivity contribution in [1.82, 2.24) is 0 Å². The van der Waals surface area contributed by atoms with E-state index >= 15 is 0 Å². The molecule has 0 aliphatic carbocycles. The fourth-order valence-electron chi connectivity index (χ4n) is 1.43. The molecule has 0 radical (unpaired) electrons. The highest BCUT2D eigenvalue weighted by Gasteiger charge is 2.35. The second-order valence-corrected chi connectivity index (χ2v) is 3.52. The van der Waals surface area contributed by atoms with Crippen LogP contribution in [0.1, 0.15) is 18.9 Å². The number of hydrogen-bond donors (Lipinski definition) is 0. The van der Waals surface area contributed by atoms with Crippen molar-refractivity contribution in [3.63, 3.8) is 0 Å². The minimum Gasteiger partial charge on any atom is -0.489 e. The zero-order chi connectivity index (χ0) is 12.7. The minimum atomic E-state index is -4.40. The Balaban J connectivity index is 2.56. The van der Waals surface area contributed by atoms with Gasteiger partial charge in [0.1, 0.15) is 0 Å². The molecule has 1 aromatic carbocycles. The third kappa shape index (κ3) is 4.93. The van der Waals surface area contributed by atoms with E-state index in [4.69, 9.17) is 0 Å². The number of alkyl halides is 3. The van der Waals surface area contributed by atoms with Gasteiger partial charge < -0.3 is 4.74 Å². The van der Waals surface area contributed by atoms with E-state index in [-0.39, 0.29) is 6.61 Å². The summed E-state index contributed by atoms with van der Waals surface area (Å²) >= 11 is 0. The SMILES string of the molecule is CCO/C(=C\CCc1ccccc1)C(F)(F)F. The van der Waals surface area contributed by atoms with E-state index in [2.05, 4.69) is 4.74 Å². The first-order valence-corrected chi connectivity index (χ1v) is 5.48. The smallest absolute Gasteiger partial charge is 0.448 e. The molecule has 1 rings (SSSR count). The molecule has 0 spiro atoms. The zero-order valence-electron chi connectivity index (χ0n) is 9.63. The number of rotatable bonds is 5. The molecule has 4 heteroatoms. The number of halogens is 3. The van der Waals surface area contributed by atoms with Gasteiger partial charge in [-0.3, -0.25) is 0 Å².